The van der Waals surface area contributed by atoms with Gasteiger partial charge in [0.05, 0.1) is 18.4 Å². The van der Waals surface area contributed by atoms with Crippen molar-refractivity contribution in [1.29, 1.82) is 0 Å². The van der Waals surface area contributed by atoms with Crippen LogP contribution < -0.4 is 5.32 Å². The molecule has 0 radical (unpaired) electrons. The molecule has 0 aliphatic heterocycles. The number of esters is 1. The summed E-state index contributed by atoms with van der Waals surface area (Å²) in [5.74, 6) is 0.483. The number of nitrogens with zero attached hydrogens (tertiary/aromatic N) is 1. The molecular weight excluding hydrogens is 244 g/mol. The highest BCUT2D eigenvalue weighted by molar-refractivity contribution is 5.89. The van der Waals surface area contributed by atoms with E-state index in [1.54, 1.807) is 12.1 Å². The fourth-order valence-corrected chi connectivity index (χ4v) is 1.71. The Hall–Kier alpha value is -2.14. The van der Waals surface area contributed by atoms with Gasteiger partial charge in [-0.2, -0.15) is 0 Å². The quantitative estimate of drug-likeness (QED) is 0.834. The molecule has 2 aromatic rings. The van der Waals surface area contributed by atoms with Crippen LogP contribution in [0.15, 0.2) is 34.9 Å². The summed E-state index contributed by atoms with van der Waals surface area (Å²) >= 11 is 0. The number of nitrogens with one attached hydrogen (secondary N) is 1. The van der Waals surface area contributed by atoms with E-state index >= 15 is 0 Å². The first-order chi connectivity index (χ1) is 9.19. The molecule has 2 rings (SSSR count). The molecule has 0 saturated heterocycles. The molecule has 1 heterocycles. The van der Waals surface area contributed by atoms with E-state index < -0.39 is 0 Å². The van der Waals surface area contributed by atoms with Gasteiger partial charge in [0, 0.05) is 19.2 Å². The normalized spacial score (nSPS) is 10.4. The van der Waals surface area contributed by atoms with Gasteiger partial charge in [-0.25, -0.2) is 4.79 Å². The van der Waals surface area contributed by atoms with E-state index in [9.17, 15) is 4.79 Å². The maximum absolute atomic E-state index is 11.3. The van der Waals surface area contributed by atoms with Gasteiger partial charge in [0.2, 0.25) is 0 Å². The highest BCUT2D eigenvalue weighted by Crippen LogP contribution is 2.06. The molecule has 5 nitrogen and oxygen atoms in total. The lowest BCUT2D eigenvalue weighted by molar-refractivity contribution is 0.0600. The standard InChI is InChI=1S/C14H16N2O3/c1-10-7-13(16-19-10)9-15-8-11-3-5-12(6-4-11)14(17)18-2/h3-7,15H,8-9H2,1-2H3. The number of benzene rings is 1. The lowest BCUT2D eigenvalue weighted by atomic mass is 10.1. The van der Waals surface area contributed by atoms with Crippen molar-refractivity contribution in [3.63, 3.8) is 0 Å². The summed E-state index contributed by atoms with van der Waals surface area (Å²) in [6.07, 6.45) is 0. The molecule has 5 heteroatoms. The Balaban J connectivity index is 1.84. The van der Waals surface area contributed by atoms with Crippen molar-refractivity contribution in [3.8, 4) is 0 Å². The largest absolute Gasteiger partial charge is 0.465 e. The van der Waals surface area contributed by atoms with Gasteiger partial charge in [-0.3, -0.25) is 0 Å². The molecule has 0 unspecified atom stereocenters. The summed E-state index contributed by atoms with van der Waals surface area (Å²) in [7, 11) is 1.37. The third-order valence-corrected chi connectivity index (χ3v) is 2.69. The number of carbonyl (C=O) groups is 1. The van der Waals surface area contributed by atoms with Crippen molar-refractivity contribution in [2.45, 2.75) is 20.0 Å². The first kappa shape index (κ1) is 13.3. The van der Waals surface area contributed by atoms with Gasteiger partial charge in [-0.15, -0.1) is 0 Å². The van der Waals surface area contributed by atoms with Crippen molar-refractivity contribution < 1.29 is 14.1 Å². The first-order valence-corrected chi connectivity index (χ1v) is 5.99. The van der Waals surface area contributed by atoms with Crippen molar-refractivity contribution in [3.05, 3.63) is 52.9 Å². The Bertz CT molecular complexity index is 546. The van der Waals surface area contributed by atoms with Crippen LogP contribution in [-0.4, -0.2) is 18.2 Å². The van der Waals surface area contributed by atoms with Gasteiger partial charge in [0.25, 0.3) is 0 Å². The number of carbonyl (C=O) groups excluding carboxylic acids is 1. The molecule has 0 bridgehead atoms. The molecule has 0 spiro atoms. The number of hydrogen-bond donors (Lipinski definition) is 1. The second-order valence-electron chi connectivity index (χ2n) is 4.22. The lowest BCUT2D eigenvalue weighted by Crippen LogP contribution is -2.13. The third-order valence-electron chi connectivity index (χ3n) is 2.69. The van der Waals surface area contributed by atoms with Gasteiger partial charge in [-0.1, -0.05) is 17.3 Å². The van der Waals surface area contributed by atoms with Crippen molar-refractivity contribution in [2.75, 3.05) is 7.11 Å². The fourth-order valence-electron chi connectivity index (χ4n) is 1.71. The van der Waals surface area contributed by atoms with Crippen LogP contribution in [0.25, 0.3) is 0 Å². The summed E-state index contributed by atoms with van der Waals surface area (Å²) in [4.78, 5) is 11.3. The first-order valence-electron chi connectivity index (χ1n) is 5.99. The maximum Gasteiger partial charge on any atom is 0.337 e. The molecule has 100 valence electrons. The van der Waals surface area contributed by atoms with E-state index in [-0.39, 0.29) is 5.97 Å². The average molecular weight is 260 g/mol. The van der Waals surface area contributed by atoms with Gasteiger partial charge in [-0.05, 0) is 24.6 Å². The SMILES string of the molecule is COC(=O)c1ccc(CNCc2cc(C)on2)cc1. The Labute approximate surface area is 111 Å². The highest BCUT2D eigenvalue weighted by Gasteiger charge is 2.04. The van der Waals surface area contributed by atoms with Crippen molar-refractivity contribution >= 4 is 5.97 Å². The predicted octanol–water partition coefficient (Wildman–Crippen LogP) is 2.06. The second-order valence-corrected chi connectivity index (χ2v) is 4.22. The zero-order chi connectivity index (χ0) is 13.7. The molecule has 0 fully saturated rings. The Morgan fingerprint density at radius 1 is 1.32 bits per heavy atom. The molecule has 0 amide bonds. The highest BCUT2D eigenvalue weighted by atomic mass is 16.5. The topological polar surface area (TPSA) is 64.4 Å². The predicted molar refractivity (Wildman–Crippen MR) is 69.6 cm³/mol. The van der Waals surface area contributed by atoms with E-state index in [1.165, 1.54) is 7.11 Å². The Morgan fingerprint density at radius 3 is 2.63 bits per heavy atom. The van der Waals surface area contributed by atoms with Gasteiger partial charge in [0.15, 0.2) is 0 Å². The van der Waals surface area contributed by atoms with E-state index in [0.29, 0.717) is 18.7 Å². The minimum absolute atomic E-state index is 0.322. The summed E-state index contributed by atoms with van der Waals surface area (Å²) in [6.45, 7) is 3.21. The van der Waals surface area contributed by atoms with Crippen molar-refractivity contribution in [1.82, 2.24) is 10.5 Å². The zero-order valence-corrected chi connectivity index (χ0v) is 11.0. The van der Waals surface area contributed by atoms with Crippen LogP contribution in [0.3, 0.4) is 0 Å². The van der Waals surface area contributed by atoms with Gasteiger partial charge in [0.1, 0.15) is 5.76 Å². The molecule has 0 aliphatic rings. The van der Waals surface area contributed by atoms with Crippen LogP contribution in [0.4, 0.5) is 0 Å². The Morgan fingerprint density at radius 2 is 2.05 bits per heavy atom. The molecule has 0 aliphatic carbocycles. The number of ether oxygens (including phenoxy) is 1. The minimum Gasteiger partial charge on any atom is -0.465 e. The van der Waals surface area contributed by atoms with Crippen LogP contribution in [0.1, 0.15) is 27.4 Å². The lowest BCUT2D eigenvalue weighted by Gasteiger charge is -2.04. The van der Waals surface area contributed by atoms with Crippen LogP contribution in [0.5, 0.6) is 0 Å². The van der Waals surface area contributed by atoms with Crippen molar-refractivity contribution in [2.24, 2.45) is 0 Å². The molecular formula is C14H16N2O3. The summed E-state index contributed by atoms with van der Waals surface area (Å²) < 4.78 is 9.62. The number of hydrogen-bond acceptors (Lipinski definition) is 5. The summed E-state index contributed by atoms with van der Waals surface area (Å²) in [6, 6.07) is 9.19. The smallest absolute Gasteiger partial charge is 0.337 e. The van der Waals surface area contributed by atoms with E-state index in [0.717, 1.165) is 17.0 Å². The van der Waals surface area contributed by atoms with Crippen LogP contribution in [0, 0.1) is 6.92 Å². The van der Waals surface area contributed by atoms with E-state index in [1.807, 2.05) is 25.1 Å². The monoisotopic (exact) mass is 260 g/mol. The molecule has 19 heavy (non-hydrogen) atoms. The third kappa shape index (κ3) is 3.66. The number of methoxy groups -OCH3 is 1. The van der Waals surface area contributed by atoms with Gasteiger partial charge < -0.3 is 14.6 Å². The maximum atomic E-state index is 11.3. The fraction of sp³-hybridized carbons (Fsp3) is 0.286. The summed E-state index contributed by atoms with van der Waals surface area (Å²) in [5.41, 5.74) is 2.52. The minimum atomic E-state index is -0.322. The second kappa shape index (κ2) is 6.15. The number of aromatic nitrogens is 1. The molecule has 1 aromatic heterocycles. The van der Waals surface area contributed by atoms with E-state index in [2.05, 4.69) is 15.2 Å². The molecule has 0 saturated carbocycles. The van der Waals surface area contributed by atoms with Crippen LogP contribution >= 0.6 is 0 Å². The number of rotatable bonds is 5. The molecule has 1 N–H and O–H groups in total. The zero-order valence-electron chi connectivity index (χ0n) is 11.0. The number of aryl methyl sites for hydroxylation is 1. The average Bonchev–Trinajstić information content (AvgIpc) is 2.84. The molecule has 1 aromatic carbocycles. The molecule has 0 atom stereocenters. The Kier molecular flexibility index (Phi) is 4.30. The van der Waals surface area contributed by atoms with Gasteiger partial charge >= 0.3 is 5.97 Å². The summed E-state index contributed by atoms with van der Waals surface area (Å²) in [5, 5.41) is 7.15. The van der Waals surface area contributed by atoms with E-state index in [4.69, 9.17) is 4.52 Å². The van der Waals surface area contributed by atoms with Crippen LogP contribution in [-0.2, 0) is 17.8 Å². The van der Waals surface area contributed by atoms with Crippen LogP contribution in [0.2, 0.25) is 0 Å².